The topological polar surface area (TPSA) is 92.7 Å². The third-order valence-corrected chi connectivity index (χ3v) is 3.93. The number of hydrogen-bond donors (Lipinski definition) is 2. The monoisotopic (exact) mass is 269 g/mol. The maximum Gasteiger partial charge on any atom is 0.259 e. The summed E-state index contributed by atoms with van der Waals surface area (Å²) in [6.07, 6.45) is 5.28. The number of nitrogens with one attached hydrogen (secondary N) is 2. The van der Waals surface area contributed by atoms with E-state index in [0.717, 1.165) is 5.69 Å². The van der Waals surface area contributed by atoms with Gasteiger partial charge < -0.3 is 9.55 Å². The Morgan fingerprint density at radius 1 is 1.50 bits per heavy atom. The summed E-state index contributed by atoms with van der Waals surface area (Å²) < 4.78 is 28.0. The largest absolute Gasteiger partial charge is 0.348 e. The minimum Gasteiger partial charge on any atom is -0.348 e. The highest BCUT2D eigenvalue weighted by Gasteiger charge is 2.17. The first kappa shape index (κ1) is 12.8. The first-order valence-electron chi connectivity index (χ1n) is 5.46. The van der Waals surface area contributed by atoms with Gasteiger partial charge in [-0.25, -0.2) is 23.1 Å². The summed E-state index contributed by atoms with van der Waals surface area (Å²) in [5, 5.41) is 0.0483. The molecule has 0 aliphatic rings. The van der Waals surface area contributed by atoms with E-state index in [1.807, 2.05) is 0 Å². The third-order valence-electron chi connectivity index (χ3n) is 2.60. The molecule has 0 aromatic carbocycles. The van der Waals surface area contributed by atoms with Crippen molar-refractivity contribution in [2.24, 2.45) is 7.05 Å². The Morgan fingerprint density at radius 2 is 2.28 bits per heavy atom. The van der Waals surface area contributed by atoms with Gasteiger partial charge in [-0.1, -0.05) is 0 Å². The summed E-state index contributed by atoms with van der Waals surface area (Å²) in [6, 6.07) is 0. The van der Waals surface area contributed by atoms with Crippen molar-refractivity contribution < 1.29 is 8.42 Å². The highest BCUT2D eigenvalue weighted by Crippen LogP contribution is 2.07. The van der Waals surface area contributed by atoms with Gasteiger partial charge in [-0.15, -0.1) is 0 Å². The van der Waals surface area contributed by atoms with Crippen LogP contribution in [0.15, 0.2) is 23.7 Å². The van der Waals surface area contributed by atoms with Crippen LogP contribution in [-0.4, -0.2) is 34.5 Å². The summed E-state index contributed by atoms with van der Waals surface area (Å²) in [6.45, 7) is 2.06. The minimum absolute atomic E-state index is 0.0483. The van der Waals surface area contributed by atoms with Gasteiger partial charge in [0.1, 0.15) is 5.82 Å². The normalized spacial score (nSPS) is 11.9. The van der Waals surface area contributed by atoms with E-state index in [0.29, 0.717) is 18.8 Å². The molecule has 0 bridgehead atoms. The van der Waals surface area contributed by atoms with Gasteiger partial charge in [-0.05, 0) is 6.92 Å². The van der Waals surface area contributed by atoms with Gasteiger partial charge in [0, 0.05) is 38.1 Å². The molecule has 7 nitrogen and oxygen atoms in total. The molecule has 0 amide bonds. The van der Waals surface area contributed by atoms with Crippen LogP contribution in [-0.2, 0) is 23.5 Å². The van der Waals surface area contributed by atoms with E-state index >= 15 is 0 Å². The van der Waals surface area contributed by atoms with Gasteiger partial charge in [0.15, 0.2) is 5.03 Å². The Morgan fingerprint density at radius 3 is 2.83 bits per heavy atom. The molecule has 8 heteroatoms. The number of nitrogens with zero attached hydrogens (tertiary/aromatic N) is 3. The summed E-state index contributed by atoms with van der Waals surface area (Å²) in [7, 11) is -1.78. The van der Waals surface area contributed by atoms with Crippen LogP contribution in [0.3, 0.4) is 0 Å². The fourth-order valence-electron chi connectivity index (χ4n) is 1.47. The highest BCUT2D eigenvalue weighted by molar-refractivity contribution is 7.89. The molecule has 0 spiro atoms. The van der Waals surface area contributed by atoms with E-state index in [-0.39, 0.29) is 5.03 Å². The summed E-state index contributed by atoms with van der Waals surface area (Å²) in [5.74, 6) is 0.656. The average Bonchev–Trinajstić information content (AvgIpc) is 2.90. The predicted octanol–water partition coefficient (Wildman–Crippen LogP) is -0.0274. The second kappa shape index (κ2) is 4.91. The highest BCUT2D eigenvalue weighted by atomic mass is 32.2. The van der Waals surface area contributed by atoms with E-state index in [1.165, 1.54) is 6.20 Å². The number of aromatic amines is 1. The van der Waals surface area contributed by atoms with Crippen molar-refractivity contribution in [1.82, 2.24) is 24.2 Å². The second-order valence-electron chi connectivity index (χ2n) is 3.96. The number of imidazole rings is 2. The maximum atomic E-state index is 11.9. The third kappa shape index (κ3) is 2.77. The van der Waals surface area contributed by atoms with Crippen molar-refractivity contribution in [3.63, 3.8) is 0 Å². The zero-order valence-electron chi connectivity index (χ0n) is 10.2. The van der Waals surface area contributed by atoms with Crippen molar-refractivity contribution in [2.75, 3.05) is 6.54 Å². The summed E-state index contributed by atoms with van der Waals surface area (Å²) in [4.78, 5) is 10.8. The number of rotatable bonds is 5. The molecule has 0 radical (unpaired) electrons. The zero-order chi connectivity index (χ0) is 13.2. The van der Waals surface area contributed by atoms with E-state index in [1.54, 1.807) is 31.1 Å². The molecule has 0 fully saturated rings. The van der Waals surface area contributed by atoms with Crippen molar-refractivity contribution in [3.8, 4) is 0 Å². The fraction of sp³-hybridized carbons (Fsp3) is 0.400. The lowest BCUT2D eigenvalue weighted by atomic mass is 10.3. The van der Waals surface area contributed by atoms with Crippen LogP contribution < -0.4 is 4.72 Å². The lowest BCUT2D eigenvalue weighted by Gasteiger charge is -2.02. The Kier molecular flexibility index (Phi) is 3.48. The fourth-order valence-corrected chi connectivity index (χ4v) is 2.54. The molecule has 98 valence electrons. The minimum atomic E-state index is -3.53. The van der Waals surface area contributed by atoms with Crippen molar-refractivity contribution in [2.45, 2.75) is 18.4 Å². The van der Waals surface area contributed by atoms with Crippen LogP contribution in [0.2, 0.25) is 0 Å². The van der Waals surface area contributed by atoms with Gasteiger partial charge >= 0.3 is 0 Å². The predicted molar refractivity (Wildman–Crippen MR) is 65.4 cm³/mol. The molecule has 2 heterocycles. The Balaban J connectivity index is 1.99. The van der Waals surface area contributed by atoms with Gasteiger partial charge in [0.05, 0.1) is 6.33 Å². The number of aryl methyl sites for hydroxylation is 2. The first-order chi connectivity index (χ1) is 8.49. The van der Waals surface area contributed by atoms with Crippen molar-refractivity contribution in [1.29, 1.82) is 0 Å². The standard InChI is InChI=1S/C10H15N5O2S/c1-8-14-10(6-15(8)2)18(16,17)13-4-3-9-5-11-7-12-9/h5-7,13H,3-4H2,1-2H3,(H,11,12). The summed E-state index contributed by atoms with van der Waals surface area (Å²) >= 11 is 0. The number of H-pyrrole nitrogens is 1. The Bertz CT molecular complexity index is 595. The number of aromatic nitrogens is 4. The number of sulfonamides is 1. The molecular formula is C10H15N5O2S. The molecule has 0 saturated carbocycles. The van der Waals surface area contributed by atoms with Crippen LogP contribution in [0.5, 0.6) is 0 Å². The summed E-state index contributed by atoms with van der Waals surface area (Å²) in [5.41, 5.74) is 0.884. The first-order valence-corrected chi connectivity index (χ1v) is 6.94. The van der Waals surface area contributed by atoms with Crippen LogP contribution in [0.25, 0.3) is 0 Å². The molecule has 0 unspecified atom stereocenters. The van der Waals surface area contributed by atoms with Gasteiger partial charge in [-0.3, -0.25) is 0 Å². The Hall–Kier alpha value is -1.67. The molecular weight excluding hydrogens is 254 g/mol. The second-order valence-corrected chi connectivity index (χ2v) is 5.68. The molecule has 2 rings (SSSR count). The smallest absolute Gasteiger partial charge is 0.259 e. The molecule has 2 aromatic rings. The van der Waals surface area contributed by atoms with Crippen LogP contribution in [0.1, 0.15) is 11.5 Å². The number of hydrogen-bond acceptors (Lipinski definition) is 4. The molecule has 2 aromatic heterocycles. The van der Waals surface area contributed by atoms with E-state index in [2.05, 4.69) is 19.7 Å². The molecule has 0 aliphatic heterocycles. The molecule has 18 heavy (non-hydrogen) atoms. The van der Waals surface area contributed by atoms with Crippen molar-refractivity contribution >= 4 is 10.0 Å². The molecule has 0 saturated heterocycles. The molecule has 2 N–H and O–H groups in total. The van der Waals surface area contributed by atoms with Gasteiger partial charge in [0.25, 0.3) is 10.0 Å². The van der Waals surface area contributed by atoms with E-state index in [4.69, 9.17) is 0 Å². The van der Waals surface area contributed by atoms with Gasteiger partial charge in [-0.2, -0.15) is 0 Å². The molecule has 0 aliphatic carbocycles. The van der Waals surface area contributed by atoms with Crippen LogP contribution in [0.4, 0.5) is 0 Å². The van der Waals surface area contributed by atoms with Crippen molar-refractivity contribution in [3.05, 3.63) is 30.2 Å². The van der Waals surface area contributed by atoms with E-state index in [9.17, 15) is 8.42 Å². The average molecular weight is 269 g/mol. The quantitative estimate of drug-likeness (QED) is 0.797. The van der Waals surface area contributed by atoms with Crippen LogP contribution in [0, 0.1) is 6.92 Å². The lowest BCUT2D eigenvalue weighted by molar-refractivity contribution is 0.578. The maximum absolute atomic E-state index is 11.9. The lowest BCUT2D eigenvalue weighted by Crippen LogP contribution is -2.26. The van der Waals surface area contributed by atoms with Gasteiger partial charge in [0.2, 0.25) is 0 Å². The zero-order valence-corrected chi connectivity index (χ0v) is 11.0. The van der Waals surface area contributed by atoms with Crippen LogP contribution >= 0.6 is 0 Å². The molecule has 0 atom stereocenters. The SMILES string of the molecule is Cc1nc(S(=O)(=O)NCCc2cnc[nH]2)cn1C. The van der Waals surface area contributed by atoms with E-state index < -0.39 is 10.0 Å². The Labute approximate surface area is 105 Å².